The van der Waals surface area contributed by atoms with Crippen molar-refractivity contribution >= 4 is 10.0 Å². The van der Waals surface area contributed by atoms with Gasteiger partial charge in [-0.1, -0.05) is 31.9 Å². The SMILES string of the molecule is CCCCC(c1ccc(C#N)cc1)S(N)(=O)=O. The van der Waals surface area contributed by atoms with Crippen LogP contribution in [0.15, 0.2) is 24.3 Å². The molecule has 0 amide bonds. The van der Waals surface area contributed by atoms with Crippen LogP contribution in [-0.4, -0.2) is 8.42 Å². The lowest BCUT2D eigenvalue weighted by Gasteiger charge is -2.14. The van der Waals surface area contributed by atoms with Crippen molar-refractivity contribution in [2.45, 2.75) is 31.4 Å². The van der Waals surface area contributed by atoms with Gasteiger partial charge < -0.3 is 0 Å². The summed E-state index contributed by atoms with van der Waals surface area (Å²) in [7, 11) is -3.59. The molecule has 0 aliphatic carbocycles. The first-order valence-electron chi connectivity index (χ1n) is 5.50. The van der Waals surface area contributed by atoms with Crippen LogP contribution < -0.4 is 5.14 Å². The molecule has 0 spiro atoms. The van der Waals surface area contributed by atoms with Gasteiger partial charge in [0.25, 0.3) is 0 Å². The maximum atomic E-state index is 11.5. The van der Waals surface area contributed by atoms with E-state index in [0.717, 1.165) is 12.8 Å². The van der Waals surface area contributed by atoms with E-state index in [-0.39, 0.29) is 0 Å². The summed E-state index contributed by atoms with van der Waals surface area (Å²) in [4.78, 5) is 0. The number of nitriles is 1. The molecule has 0 saturated heterocycles. The van der Waals surface area contributed by atoms with Gasteiger partial charge in [0, 0.05) is 0 Å². The van der Waals surface area contributed by atoms with Gasteiger partial charge in [-0.3, -0.25) is 0 Å². The number of hydrogen-bond donors (Lipinski definition) is 1. The van der Waals surface area contributed by atoms with Crippen molar-refractivity contribution in [3.8, 4) is 6.07 Å². The highest BCUT2D eigenvalue weighted by Gasteiger charge is 2.22. The summed E-state index contributed by atoms with van der Waals surface area (Å²) in [5.74, 6) is 0. The Balaban J connectivity index is 3.01. The third-order valence-corrected chi connectivity index (χ3v) is 3.93. The first-order valence-corrected chi connectivity index (χ1v) is 7.11. The Morgan fingerprint density at radius 2 is 1.94 bits per heavy atom. The molecule has 1 rings (SSSR count). The number of nitrogens with zero attached hydrogens (tertiary/aromatic N) is 1. The minimum atomic E-state index is -3.59. The summed E-state index contributed by atoms with van der Waals surface area (Å²) in [6.45, 7) is 2.00. The van der Waals surface area contributed by atoms with Gasteiger partial charge in [-0.25, -0.2) is 13.6 Å². The van der Waals surface area contributed by atoms with Crippen molar-refractivity contribution in [1.82, 2.24) is 0 Å². The Hall–Kier alpha value is -1.38. The van der Waals surface area contributed by atoms with Crippen LogP contribution in [0.5, 0.6) is 0 Å². The lowest BCUT2D eigenvalue weighted by atomic mass is 10.1. The molecule has 92 valence electrons. The zero-order valence-electron chi connectivity index (χ0n) is 9.76. The van der Waals surface area contributed by atoms with E-state index in [9.17, 15) is 8.42 Å². The van der Waals surface area contributed by atoms with Crippen LogP contribution in [0, 0.1) is 11.3 Å². The zero-order valence-corrected chi connectivity index (χ0v) is 10.6. The number of hydrogen-bond acceptors (Lipinski definition) is 3. The summed E-state index contributed by atoms with van der Waals surface area (Å²) < 4.78 is 23.0. The van der Waals surface area contributed by atoms with Gasteiger partial charge in [-0.05, 0) is 24.1 Å². The summed E-state index contributed by atoms with van der Waals surface area (Å²) in [5.41, 5.74) is 1.16. The van der Waals surface area contributed by atoms with Crippen molar-refractivity contribution < 1.29 is 8.42 Å². The van der Waals surface area contributed by atoms with Crippen LogP contribution in [0.25, 0.3) is 0 Å². The van der Waals surface area contributed by atoms with E-state index in [2.05, 4.69) is 0 Å². The Morgan fingerprint density at radius 3 is 2.35 bits per heavy atom. The molecular weight excluding hydrogens is 236 g/mol. The van der Waals surface area contributed by atoms with Crippen LogP contribution in [0.1, 0.15) is 42.6 Å². The van der Waals surface area contributed by atoms with Crippen LogP contribution in [-0.2, 0) is 10.0 Å². The standard InChI is InChI=1S/C12H16N2O2S/c1-2-3-4-12(17(14,15)16)11-7-5-10(9-13)6-8-11/h5-8,12H,2-4H2,1H3,(H2,14,15,16). The molecule has 0 aromatic heterocycles. The molecule has 1 aromatic carbocycles. The molecule has 0 aliphatic heterocycles. The van der Waals surface area contributed by atoms with Gasteiger partial charge in [0.05, 0.1) is 11.6 Å². The van der Waals surface area contributed by atoms with Gasteiger partial charge in [0.1, 0.15) is 5.25 Å². The second kappa shape index (κ2) is 5.80. The molecule has 0 fully saturated rings. The summed E-state index contributed by atoms with van der Waals surface area (Å²) in [6, 6.07) is 8.53. The summed E-state index contributed by atoms with van der Waals surface area (Å²) in [6.07, 6.45) is 2.24. The molecule has 1 atom stereocenters. The lowest BCUT2D eigenvalue weighted by molar-refractivity contribution is 0.570. The Bertz CT molecular complexity index is 500. The van der Waals surface area contributed by atoms with Gasteiger partial charge in [0.2, 0.25) is 10.0 Å². The Kier molecular flexibility index (Phi) is 4.67. The first kappa shape index (κ1) is 13.7. The predicted molar refractivity (Wildman–Crippen MR) is 66.5 cm³/mol. The van der Waals surface area contributed by atoms with Gasteiger partial charge >= 0.3 is 0 Å². The molecule has 0 saturated carbocycles. The fraction of sp³-hybridized carbons (Fsp3) is 0.417. The second-order valence-corrected chi connectivity index (χ2v) is 5.70. The molecule has 1 unspecified atom stereocenters. The number of benzene rings is 1. The van der Waals surface area contributed by atoms with E-state index in [0.29, 0.717) is 17.5 Å². The van der Waals surface area contributed by atoms with Crippen molar-refractivity contribution in [1.29, 1.82) is 5.26 Å². The Labute approximate surface area is 102 Å². The molecule has 5 heteroatoms. The van der Waals surface area contributed by atoms with E-state index >= 15 is 0 Å². The number of sulfonamides is 1. The van der Waals surface area contributed by atoms with Crippen molar-refractivity contribution in [2.75, 3.05) is 0 Å². The molecule has 0 bridgehead atoms. The van der Waals surface area contributed by atoms with E-state index in [1.165, 1.54) is 0 Å². The number of nitrogens with two attached hydrogens (primary N) is 1. The normalized spacial score (nSPS) is 13.0. The third-order valence-electron chi connectivity index (χ3n) is 2.63. The first-order chi connectivity index (χ1) is 7.99. The predicted octanol–water partition coefficient (Wildman–Crippen LogP) is 2.08. The highest BCUT2D eigenvalue weighted by molar-refractivity contribution is 7.89. The van der Waals surface area contributed by atoms with E-state index in [4.69, 9.17) is 10.4 Å². The van der Waals surface area contributed by atoms with Crippen molar-refractivity contribution in [3.63, 3.8) is 0 Å². The van der Waals surface area contributed by atoms with Crippen LogP contribution >= 0.6 is 0 Å². The maximum absolute atomic E-state index is 11.5. The lowest BCUT2D eigenvalue weighted by Crippen LogP contribution is -2.21. The summed E-state index contributed by atoms with van der Waals surface area (Å²) in [5, 5.41) is 13.2. The van der Waals surface area contributed by atoms with E-state index in [1.807, 2.05) is 13.0 Å². The zero-order chi connectivity index (χ0) is 12.9. The van der Waals surface area contributed by atoms with Gasteiger partial charge in [-0.2, -0.15) is 5.26 Å². The Morgan fingerprint density at radius 1 is 1.35 bits per heavy atom. The second-order valence-electron chi connectivity index (χ2n) is 3.95. The van der Waals surface area contributed by atoms with Crippen molar-refractivity contribution in [3.05, 3.63) is 35.4 Å². The molecule has 4 nitrogen and oxygen atoms in total. The minimum absolute atomic E-state index is 0.511. The largest absolute Gasteiger partial charge is 0.228 e. The minimum Gasteiger partial charge on any atom is -0.228 e. The maximum Gasteiger partial charge on any atom is 0.216 e. The fourth-order valence-corrected chi connectivity index (χ4v) is 2.71. The average Bonchev–Trinajstić information content (AvgIpc) is 2.29. The van der Waals surface area contributed by atoms with Crippen molar-refractivity contribution in [2.24, 2.45) is 5.14 Å². The quantitative estimate of drug-likeness (QED) is 0.870. The topological polar surface area (TPSA) is 83.9 Å². The number of unbranched alkanes of at least 4 members (excludes halogenated alkanes) is 1. The van der Waals surface area contributed by atoms with Gasteiger partial charge in [-0.15, -0.1) is 0 Å². The highest BCUT2D eigenvalue weighted by atomic mass is 32.2. The smallest absolute Gasteiger partial charge is 0.216 e. The summed E-state index contributed by atoms with van der Waals surface area (Å²) >= 11 is 0. The average molecular weight is 252 g/mol. The molecule has 17 heavy (non-hydrogen) atoms. The number of primary sulfonamides is 1. The number of rotatable bonds is 5. The molecule has 2 N–H and O–H groups in total. The van der Waals surface area contributed by atoms with Gasteiger partial charge in [0.15, 0.2) is 0 Å². The molecule has 0 radical (unpaired) electrons. The van der Waals surface area contributed by atoms with Crippen LogP contribution in [0.4, 0.5) is 0 Å². The fourth-order valence-electron chi connectivity index (χ4n) is 1.68. The molecule has 0 aliphatic rings. The third kappa shape index (κ3) is 3.84. The molecular formula is C12H16N2O2S. The molecule has 0 heterocycles. The van der Waals surface area contributed by atoms with E-state index < -0.39 is 15.3 Å². The van der Waals surface area contributed by atoms with E-state index in [1.54, 1.807) is 24.3 Å². The van der Waals surface area contributed by atoms with Crippen LogP contribution in [0.3, 0.4) is 0 Å². The monoisotopic (exact) mass is 252 g/mol. The highest BCUT2D eigenvalue weighted by Crippen LogP contribution is 2.26. The molecule has 1 aromatic rings. The van der Waals surface area contributed by atoms with Crippen LogP contribution in [0.2, 0.25) is 0 Å².